The minimum Gasteiger partial charge on any atom is -0.484 e. The van der Waals surface area contributed by atoms with Crippen LogP contribution in [0.5, 0.6) is 5.75 Å². The Morgan fingerprint density at radius 1 is 1.19 bits per heavy atom. The number of nitrogens with zero attached hydrogens (tertiary/aromatic N) is 1. The molecular weight excluding hydrogens is 430 g/mol. The van der Waals surface area contributed by atoms with Crippen LogP contribution in [-0.2, 0) is 4.79 Å². The van der Waals surface area contributed by atoms with Crippen molar-refractivity contribution >= 4 is 51.0 Å². The number of hydrogen-bond donors (Lipinski definition) is 0. The first-order valence-electron chi connectivity index (χ1n) is 8.53. The SMILES string of the molecule is Cc1cc(Br)ccc1N(C)C(=O)COc1ccc(C2SCCCS2)cc1. The van der Waals surface area contributed by atoms with Crippen molar-refractivity contribution in [3.05, 3.63) is 58.1 Å². The van der Waals surface area contributed by atoms with Gasteiger partial charge in [0.05, 0.1) is 4.58 Å². The van der Waals surface area contributed by atoms with Gasteiger partial charge in [-0.1, -0.05) is 28.1 Å². The molecule has 1 heterocycles. The number of hydrogen-bond acceptors (Lipinski definition) is 4. The first-order chi connectivity index (χ1) is 12.5. The molecule has 1 saturated heterocycles. The van der Waals surface area contributed by atoms with Crippen LogP contribution >= 0.6 is 39.5 Å². The molecule has 0 bridgehead atoms. The third-order valence-electron chi connectivity index (χ3n) is 4.24. The second kappa shape index (κ2) is 9.20. The highest BCUT2D eigenvalue weighted by Crippen LogP contribution is 2.43. The summed E-state index contributed by atoms with van der Waals surface area (Å²) in [7, 11) is 1.78. The average molecular weight is 452 g/mol. The summed E-state index contributed by atoms with van der Waals surface area (Å²) in [6.45, 7) is 2.02. The molecule has 0 spiro atoms. The molecule has 0 aliphatic carbocycles. The zero-order valence-corrected chi connectivity index (χ0v) is 18.1. The highest BCUT2D eigenvalue weighted by molar-refractivity contribution is 9.10. The fourth-order valence-corrected chi connectivity index (χ4v) is 6.14. The maximum absolute atomic E-state index is 12.5. The normalized spacial score (nSPS) is 14.9. The lowest BCUT2D eigenvalue weighted by molar-refractivity contribution is -0.120. The van der Waals surface area contributed by atoms with E-state index in [-0.39, 0.29) is 12.5 Å². The first-order valence-corrected chi connectivity index (χ1v) is 11.4. The number of likely N-dealkylation sites (N-methyl/N-ethyl adjacent to an activating group) is 1. The lowest BCUT2D eigenvalue weighted by Crippen LogP contribution is -2.31. The molecule has 3 nitrogen and oxygen atoms in total. The predicted octanol–water partition coefficient (Wildman–Crippen LogP) is 5.67. The summed E-state index contributed by atoms with van der Waals surface area (Å²) in [4.78, 5) is 14.1. The number of rotatable bonds is 5. The Morgan fingerprint density at radius 3 is 2.54 bits per heavy atom. The molecule has 1 aliphatic heterocycles. The number of ether oxygens (including phenoxy) is 1. The van der Waals surface area contributed by atoms with Gasteiger partial charge in [-0.25, -0.2) is 0 Å². The summed E-state index contributed by atoms with van der Waals surface area (Å²) >= 11 is 7.45. The summed E-state index contributed by atoms with van der Waals surface area (Å²) < 4.78 is 7.23. The van der Waals surface area contributed by atoms with Crippen molar-refractivity contribution in [2.45, 2.75) is 17.9 Å². The molecule has 1 aliphatic rings. The Balaban J connectivity index is 1.56. The second-order valence-electron chi connectivity index (χ2n) is 6.17. The molecule has 0 atom stereocenters. The number of amides is 1. The molecule has 6 heteroatoms. The monoisotopic (exact) mass is 451 g/mol. The van der Waals surface area contributed by atoms with E-state index in [4.69, 9.17) is 4.74 Å². The van der Waals surface area contributed by atoms with Crippen LogP contribution in [0.2, 0.25) is 0 Å². The van der Waals surface area contributed by atoms with Crippen LogP contribution < -0.4 is 9.64 Å². The van der Waals surface area contributed by atoms with E-state index in [2.05, 4.69) is 28.1 Å². The summed E-state index contributed by atoms with van der Waals surface area (Å²) in [5.41, 5.74) is 3.26. The van der Waals surface area contributed by atoms with Gasteiger partial charge < -0.3 is 9.64 Å². The van der Waals surface area contributed by atoms with Crippen LogP contribution in [0, 0.1) is 6.92 Å². The Labute approximate surface area is 172 Å². The third-order valence-corrected chi connectivity index (χ3v) is 7.74. The van der Waals surface area contributed by atoms with Gasteiger partial charge in [0.15, 0.2) is 6.61 Å². The number of carbonyl (C=O) groups is 1. The predicted molar refractivity (Wildman–Crippen MR) is 117 cm³/mol. The van der Waals surface area contributed by atoms with Gasteiger partial charge in [-0.3, -0.25) is 4.79 Å². The molecule has 1 fully saturated rings. The van der Waals surface area contributed by atoms with E-state index in [0.717, 1.165) is 21.5 Å². The molecule has 2 aromatic rings. The van der Waals surface area contributed by atoms with E-state index in [9.17, 15) is 4.79 Å². The first kappa shape index (κ1) is 19.6. The van der Waals surface area contributed by atoms with Gasteiger partial charge in [0.25, 0.3) is 5.91 Å². The van der Waals surface area contributed by atoms with Gasteiger partial charge in [-0.2, -0.15) is 0 Å². The van der Waals surface area contributed by atoms with Crippen molar-refractivity contribution in [2.24, 2.45) is 0 Å². The fraction of sp³-hybridized carbons (Fsp3) is 0.350. The number of halogens is 1. The van der Waals surface area contributed by atoms with E-state index in [1.54, 1.807) is 11.9 Å². The molecule has 138 valence electrons. The number of anilines is 1. The van der Waals surface area contributed by atoms with E-state index in [1.165, 1.54) is 23.5 Å². The van der Waals surface area contributed by atoms with Gasteiger partial charge in [0.1, 0.15) is 5.75 Å². The van der Waals surface area contributed by atoms with Crippen molar-refractivity contribution in [1.29, 1.82) is 0 Å². The van der Waals surface area contributed by atoms with Crippen molar-refractivity contribution < 1.29 is 9.53 Å². The van der Waals surface area contributed by atoms with E-state index in [1.807, 2.05) is 60.8 Å². The quantitative estimate of drug-likeness (QED) is 0.585. The van der Waals surface area contributed by atoms with Crippen LogP contribution in [0.25, 0.3) is 0 Å². The van der Waals surface area contributed by atoms with Crippen molar-refractivity contribution in [3.63, 3.8) is 0 Å². The minimum atomic E-state index is -0.0714. The van der Waals surface area contributed by atoms with Crippen molar-refractivity contribution in [1.82, 2.24) is 0 Å². The zero-order valence-electron chi connectivity index (χ0n) is 14.9. The number of carbonyl (C=O) groups excluding carboxylic acids is 1. The van der Waals surface area contributed by atoms with Gasteiger partial charge in [0, 0.05) is 17.2 Å². The molecule has 2 aromatic carbocycles. The molecule has 1 amide bonds. The maximum Gasteiger partial charge on any atom is 0.264 e. The molecule has 3 rings (SSSR count). The summed E-state index contributed by atoms with van der Waals surface area (Å²) in [5, 5.41) is 0. The molecular formula is C20H22BrNO2S2. The Kier molecular flexibility index (Phi) is 6.95. The van der Waals surface area contributed by atoms with Crippen LogP contribution in [0.1, 0.15) is 22.1 Å². The van der Waals surface area contributed by atoms with E-state index >= 15 is 0 Å². The Morgan fingerprint density at radius 2 is 1.88 bits per heavy atom. The molecule has 0 aromatic heterocycles. The second-order valence-corrected chi connectivity index (χ2v) is 9.81. The lowest BCUT2D eigenvalue weighted by atomic mass is 10.2. The van der Waals surface area contributed by atoms with Gasteiger partial charge >= 0.3 is 0 Å². The van der Waals surface area contributed by atoms with Gasteiger partial charge in [0.2, 0.25) is 0 Å². The number of aryl methyl sites for hydroxylation is 1. The average Bonchev–Trinajstić information content (AvgIpc) is 2.67. The smallest absolute Gasteiger partial charge is 0.264 e. The molecule has 0 N–H and O–H groups in total. The molecule has 0 unspecified atom stereocenters. The van der Waals surface area contributed by atoms with Crippen LogP contribution in [0.3, 0.4) is 0 Å². The lowest BCUT2D eigenvalue weighted by Gasteiger charge is -2.21. The summed E-state index contributed by atoms with van der Waals surface area (Å²) in [6, 6.07) is 14.0. The Bertz CT molecular complexity index is 761. The molecule has 26 heavy (non-hydrogen) atoms. The standard InChI is InChI=1S/C20H22BrNO2S2/c1-14-12-16(21)6-9-18(14)22(2)19(23)13-24-17-7-4-15(5-8-17)20-25-10-3-11-26-20/h4-9,12,20H,3,10-11,13H2,1-2H3. The van der Waals surface area contributed by atoms with Crippen LogP contribution in [0.15, 0.2) is 46.9 Å². The van der Waals surface area contributed by atoms with Gasteiger partial charge in [-0.15, -0.1) is 23.5 Å². The van der Waals surface area contributed by atoms with Crippen LogP contribution in [0.4, 0.5) is 5.69 Å². The van der Waals surface area contributed by atoms with E-state index < -0.39 is 0 Å². The topological polar surface area (TPSA) is 29.5 Å². The largest absolute Gasteiger partial charge is 0.484 e. The molecule has 0 radical (unpaired) electrons. The van der Waals surface area contributed by atoms with Crippen LogP contribution in [-0.4, -0.2) is 31.1 Å². The summed E-state index contributed by atoms with van der Waals surface area (Å²) in [6.07, 6.45) is 1.29. The highest BCUT2D eigenvalue weighted by atomic mass is 79.9. The number of thioether (sulfide) groups is 2. The zero-order chi connectivity index (χ0) is 18.5. The maximum atomic E-state index is 12.5. The van der Waals surface area contributed by atoms with Crippen molar-refractivity contribution in [2.75, 3.05) is 30.1 Å². The van der Waals surface area contributed by atoms with Gasteiger partial charge in [-0.05, 0) is 66.3 Å². The summed E-state index contributed by atoms with van der Waals surface area (Å²) in [5.74, 6) is 3.12. The van der Waals surface area contributed by atoms with Crippen molar-refractivity contribution in [3.8, 4) is 5.75 Å². The Hall–Kier alpha value is -1.11. The van der Waals surface area contributed by atoms with E-state index in [0.29, 0.717) is 4.58 Å². The minimum absolute atomic E-state index is 0.0261. The third kappa shape index (κ3) is 4.99. The molecule has 0 saturated carbocycles. The fourth-order valence-electron chi connectivity index (χ4n) is 2.77. The highest BCUT2D eigenvalue weighted by Gasteiger charge is 2.17. The number of benzene rings is 2.